The van der Waals surface area contributed by atoms with Gasteiger partial charge in [-0.05, 0) is 68.1 Å². The number of allylic oxidation sites excluding steroid dienone is 1. The lowest BCUT2D eigenvalue weighted by atomic mass is 9.81. The van der Waals surface area contributed by atoms with Crippen LogP contribution >= 0.6 is 0 Å². The van der Waals surface area contributed by atoms with Crippen LogP contribution in [0.3, 0.4) is 0 Å². The molecule has 0 atom stereocenters. The van der Waals surface area contributed by atoms with Gasteiger partial charge in [0.25, 0.3) is 0 Å². The predicted octanol–water partition coefficient (Wildman–Crippen LogP) is 3.87. The number of aliphatic hydroxyl groups excluding tert-OH is 1. The Morgan fingerprint density at radius 1 is 1.14 bits per heavy atom. The summed E-state index contributed by atoms with van der Waals surface area (Å²) in [6, 6.07) is 0. The van der Waals surface area contributed by atoms with Gasteiger partial charge in [-0.3, -0.25) is 4.79 Å². The number of ketones is 1. The van der Waals surface area contributed by atoms with Crippen molar-refractivity contribution in [2.24, 2.45) is 0 Å². The van der Waals surface area contributed by atoms with Crippen LogP contribution < -0.4 is 0 Å². The van der Waals surface area contributed by atoms with Gasteiger partial charge in [0.1, 0.15) is 5.69 Å². The van der Waals surface area contributed by atoms with Gasteiger partial charge in [0, 0.05) is 11.3 Å². The van der Waals surface area contributed by atoms with Gasteiger partial charge < -0.3 is 5.11 Å². The summed E-state index contributed by atoms with van der Waals surface area (Å²) >= 11 is 0. The third-order valence-electron chi connectivity index (χ3n) is 4.79. The molecule has 21 heavy (non-hydrogen) atoms. The van der Waals surface area contributed by atoms with Gasteiger partial charge in [0.05, 0.1) is 6.26 Å². The second-order valence-corrected chi connectivity index (χ2v) is 6.14. The molecule has 1 aromatic rings. The number of carbonyl (C=O) groups excluding carboxylic acids is 1. The highest BCUT2D eigenvalue weighted by Gasteiger charge is 2.29. The third kappa shape index (κ3) is 2.50. The van der Waals surface area contributed by atoms with Crippen LogP contribution in [0.5, 0.6) is 0 Å². The summed E-state index contributed by atoms with van der Waals surface area (Å²) in [4.78, 5) is 17.2. The number of pyridine rings is 1. The molecule has 0 fully saturated rings. The van der Waals surface area contributed by atoms with Crippen molar-refractivity contribution >= 4 is 5.78 Å². The molecule has 3 rings (SSSR count). The highest BCUT2D eigenvalue weighted by atomic mass is 16.2. The van der Waals surface area contributed by atoms with E-state index >= 15 is 0 Å². The Balaban J connectivity index is 2.13. The zero-order chi connectivity index (χ0) is 14.8. The Morgan fingerprint density at radius 3 is 2.71 bits per heavy atom. The van der Waals surface area contributed by atoms with Gasteiger partial charge >= 0.3 is 0 Å². The van der Waals surface area contributed by atoms with Crippen LogP contribution in [0, 0.1) is 0 Å². The van der Waals surface area contributed by atoms with Crippen molar-refractivity contribution in [3.63, 3.8) is 0 Å². The standard InChI is InChI=1S/C18H23NO2/c1-2-3-6-13-14-7-4-5-8-16(14)19-17-15(13)10-9-12(11-20)18(17)21/h11,20H,2-10H2,1H3/b12-11+. The van der Waals surface area contributed by atoms with E-state index < -0.39 is 0 Å². The Labute approximate surface area is 126 Å². The second kappa shape index (κ2) is 6.00. The van der Waals surface area contributed by atoms with Crippen LogP contribution in [0.4, 0.5) is 0 Å². The van der Waals surface area contributed by atoms with E-state index in [-0.39, 0.29) is 5.78 Å². The molecule has 1 heterocycles. The molecule has 2 aliphatic rings. The number of fused-ring (bicyclic) bond motifs is 2. The highest BCUT2D eigenvalue weighted by molar-refractivity contribution is 6.09. The van der Waals surface area contributed by atoms with Gasteiger partial charge in [-0.2, -0.15) is 0 Å². The van der Waals surface area contributed by atoms with E-state index in [1.165, 1.54) is 42.4 Å². The van der Waals surface area contributed by atoms with Crippen LogP contribution in [0.2, 0.25) is 0 Å². The molecular formula is C18H23NO2. The molecule has 3 nitrogen and oxygen atoms in total. The number of aromatic nitrogens is 1. The van der Waals surface area contributed by atoms with E-state index in [2.05, 4.69) is 6.92 Å². The molecule has 0 saturated heterocycles. The van der Waals surface area contributed by atoms with Crippen LogP contribution in [-0.2, 0) is 25.7 Å². The monoisotopic (exact) mass is 285 g/mol. The van der Waals surface area contributed by atoms with Crippen molar-refractivity contribution in [2.45, 2.75) is 64.7 Å². The fourth-order valence-corrected chi connectivity index (χ4v) is 3.63. The molecule has 112 valence electrons. The number of Topliss-reactive ketones (excluding diaryl/α,β-unsaturated/α-hetero) is 1. The minimum Gasteiger partial charge on any atom is -0.515 e. The van der Waals surface area contributed by atoms with Crippen molar-refractivity contribution in [2.75, 3.05) is 0 Å². The zero-order valence-electron chi connectivity index (χ0n) is 12.7. The first-order valence-electron chi connectivity index (χ1n) is 8.17. The Kier molecular flexibility index (Phi) is 4.09. The van der Waals surface area contributed by atoms with E-state index in [4.69, 9.17) is 4.98 Å². The second-order valence-electron chi connectivity index (χ2n) is 6.14. The summed E-state index contributed by atoms with van der Waals surface area (Å²) in [7, 11) is 0. The van der Waals surface area contributed by atoms with Crippen LogP contribution in [-0.4, -0.2) is 15.9 Å². The Hall–Kier alpha value is -1.64. The number of carbonyl (C=O) groups is 1. The maximum atomic E-state index is 12.5. The molecule has 1 aromatic heterocycles. The number of nitrogens with zero attached hydrogens (tertiary/aromatic N) is 1. The van der Waals surface area contributed by atoms with E-state index in [0.717, 1.165) is 37.6 Å². The maximum Gasteiger partial charge on any atom is 0.210 e. The lowest BCUT2D eigenvalue weighted by molar-refractivity contribution is 0.101. The number of hydrogen-bond donors (Lipinski definition) is 1. The lowest BCUT2D eigenvalue weighted by Gasteiger charge is -2.26. The Bertz CT molecular complexity index is 602. The molecule has 0 amide bonds. The van der Waals surface area contributed by atoms with Crippen molar-refractivity contribution in [1.82, 2.24) is 4.98 Å². The van der Waals surface area contributed by atoms with Gasteiger partial charge in [-0.1, -0.05) is 13.3 Å². The summed E-state index contributed by atoms with van der Waals surface area (Å²) in [5.41, 5.74) is 6.26. The molecule has 0 unspecified atom stereocenters. The van der Waals surface area contributed by atoms with Gasteiger partial charge in [0.15, 0.2) is 0 Å². The predicted molar refractivity (Wildman–Crippen MR) is 82.9 cm³/mol. The number of aryl methyl sites for hydroxylation is 1. The Morgan fingerprint density at radius 2 is 1.95 bits per heavy atom. The average Bonchev–Trinajstić information content (AvgIpc) is 2.52. The summed E-state index contributed by atoms with van der Waals surface area (Å²) in [5, 5.41) is 9.23. The third-order valence-corrected chi connectivity index (χ3v) is 4.79. The van der Waals surface area contributed by atoms with Crippen molar-refractivity contribution in [3.05, 3.63) is 39.9 Å². The van der Waals surface area contributed by atoms with E-state index in [9.17, 15) is 9.90 Å². The SMILES string of the molecule is CCCCc1c2c(nc3c1CC/C(=C\O)C3=O)CCCC2. The lowest BCUT2D eigenvalue weighted by Crippen LogP contribution is -2.23. The molecule has 0 radical (unpaired) electrons. The maximum absolute atomic E-state index is 12.5. The summed E-state index contributed by atoms with van der Waals surface area (Å²) in [6.45, 7) is 2.21. The van der Waals surface area contributed by atoms with Gasteiger partial charge in [-0.15, -0.1) is 0 Å². The normalized spacial score (nSPS) is 19.5. The van der Waals surface area contributed by atoms with Crippen molar-refractivity contribution in [3.8, 4) is 0 Å². The molecule has 0 saturated carbocycles. The van der Waals surface area contributed by atoms with E-state index in [1.54, 1.807) is 0 Å². The minimum absolute atomic E-state index is 0.0649. The van der Waals surface area contributed by atoms with E-state index in [1.807, 2.05) is 0 Å². The fourth-order valence-electron chi connectivity index (χ4n) is 3.63. The van der Waals surface area contributed by atoms with Crippen LogP contribution in [0.25, 0.3) is 0 Å². The topological polar surface area (TPSA) is 50.2 Å². The number of rotatable bonds is 3. The smallest absolute Gasteiger partial charge is 0.210 e. The molecule has 0 aromatic carbocycles. The average molecular weight is 285 g/mol. The number of unbranched alkanes of at least 4 members (excludes halogenated alkanes) is 1. The first-order chi connectivity index (χ1) is 10.3. The number of hydrogen-bond acceptors (Lipinski definition) is 3. The molecule has 0 spiro atoms. The fraction of sp³-hybridized carbons (Fsp3) is 0.556. The summed E-state index contributed by atoms with van der Waals surface area (Å²) < 4.78 is 0. The quantitative estimate of drug-likeness (QED) is 0.677. The molecular weight excluding hydrogens is 262 g/mol. The number of aliphatic hydroxyl groups is 1. The van der Waals surface area contributed by atoms with Crippen molar-refractivity contribution in [1.29, 1.82) is 0 Å². The van der Waals surface area contributed by atoms with Crippen LogP contribution in [0.15, 0.2) is 11.8 Å². The minimum atomic E-state index is -0.0649. The highest BCUT2D eigenvalue weighted by Crippen LogP contribution is 2.33. The zero-order valence-corrected chi connectivity index (χ0v) is 12.7. The molecule has 0 bridgehead atoms. The molecule has 1 N–H and O–H groups in total. The molecule has 3 heteroatoms. The first kappa shape index (κ1) is 14.3. The van der Waals surface area contributed by atoms with Gasteiger partial charge in [-0.25, -0.2) is 4.98 Å². The van der Waals surface area contributed by atoms with Crippen molar-refractivity contribution < 1.29 is 9.90 Å². The molecule has 0 aliphatic heterocycles. The largest absolute Gasteiger partial charge is 0.515 e. The van der Waals surface area contributed by atoms with Crippen LogP contribution in [0.1, 0.15) is 71.9 Å². The summed E-state index contributed by atoms with van der Waals surface area (Å²) in [6.07, 6.45) is 10.4. The van der Waals surface area contributed by atoms with Gasteiger partial charge in [0.2, 0.25) is 5.78 Å². The van der Waals surface area contributed by atoms with E-state index in [0.29, 0.717) is 17.7 Å². The summed E-state index contributed by atoms with van der Waals surface area (Å²) in [5.74, 6) is -0.0649. The first-order valence-corrected chi connectivity index (χ1v) is 8.17. The molecule has 2 aliphatic carbocycles.